The van der Waals surface area contributed by atoms with Crippen LogP contribution >= 0.6 is 35.6 Å². The number of rotatable bonds is 9. The van der Waals surface area contributed by atoms with Crippen LogP contribution in [0.4, 0.5) is 0 Å². The summed E-state index contributed by atoms with van der Waals surface area (Å²) >= 11 is 5.86. The zero-order chi connectivity index (χ0) is 18.6. The second-order valence-corrected chi connectivity index (χ2v) is 6.29. The third-order valence-corrected chi connectivity index (χ3v) is 4.20. The summed E-state index contributed by atoms with van der Waals surface area (Å²) < 4.78 is 5.64. The number of aliphatic imine (C=N–C) groups is 1. The van der Waals surface area contributed by atoms with Gasteiger partial charge in [-0.1, -0.05) is 54.1 Å². The fourth-order valence-corrected chi connectivity index (χ4v) is 2.59. The van der Waals surface area contributed by atoms with Gasteiger partial charge in [0, 0.05) is 31.1 Å². The summed E-state index contributed by atoms with van der Waals surface area (Å²) in [4.78, 5) is 4.20. The fraction of sp³-hybridized carbons (Fsp3) is 0.350. The summed E-state index contributed by atoms with van der Waals surface area (Å²) in [5, 5.41) is 16.8. The number of benzene rings is 2. The van der Waals surface area contributed by atoms with Crippen LogP contribution in [0.25, 0.3) is 0 Å². The molecule has 3 N–H and O–H groups in total. The zero-order valence-corrected chi connectivity index (χ0v) is 18.5. The number of aliphatic hydroxyl groups is 1. The van der Waals surface area contributed by atoms with Crippen LogP contribution in [-0.2, 0) is 11.3 Å². The number of halogens is 2. The maximum absolute atomic E-state index is 9.61. The van der Waals surface area contributed by atoms with E-state index in [1.54, 1.807) is 7.05 Å². The Balaban J connectivity index is 0.00000364. The average Bonchev–Trinajstić information content (AvgIpc) is 2.68. The highest BCUT2D eigenvalue weighted by molar-refractivity contribution is 14.0. The van der Waals surface area contributed by atoms with Gasteiger partial charge in [0.15, 0.2) is 5.96 Å². The second-order valence-electron chi connectivity index (χ2n) is 5.85. The van der Waals surface area contributed by atoms with Gasteiger partial charge in [-0.2, -0.15) is 0 Å². The molecule has 27 heavy (non-hydrogen) atoms. The van der Waals surface area contributed by atoms with Crippen molar-refractivity contribution in [2.45, 2.75) is 12.5 Å². The third kappa shape index (κ3) is 8.92. The molecule has 0 saturated carbocycles. The predicted molar refractivity (Wildman–Crippen MR) is 122 cm³/mol. The van der Waals surface area contributed by atoms with Crippen LogP contribution in [0.1, 0.15) is 17.0 Å². The maximum Gasteiger partial charge on any atom is 0.191 e. The molecule has 0 aliphatic carbocycles. The van der Waals surface area contributed by atoms with E-state index in [1.807, 2.05) is 54.6 Å². The molecule has 0 aliphatic rings. The lowest BCUT2D eigenvalue weighted by molar-refractivity contribution is 0.125. The molecule has 0 heterocycles. The average molecular weight is 504 g/mol. The van der Waals surface area contributed by atoms with Crippen LogP contribution in [0.3, 0.4) is 0 Å². The molecule has 2 aromatic carbocycles. The fourth-order valence-electron chi connectivity index (χ4n) is 2.47. The summed E-state index contributed by atoms with van der Waals surface area (Å²) in [6.45, 7) is 2.43. The highest BCUT2D eigenvalue weighted by atomic mass is 127. The Morgan fingerprint density at radius 3 is 2.44 bits per heavy atom. The standard InChI is InChI=1S/C20H26ClN3O2.HI/c1-22-20(24-13-18(14-25)17-5-3-2-4-6-17)23-11-12-26-15-16-7-9-19(21)10-8-16;/h2-10,18,25H,11-15H2,1H3,(H2,22,23,24);1H. The quantitative estimate of drug-likeness (QED) is 0.212. The van der Waals surface area contributed by atoms with E-state index >= 15 is 0 Å². The maximum atomic E-state index is 9.61. The molecule has 1 atom stereocenters. The van der Waals surface area contributed by atoms with E-state index in [4.69, 9.17) is 16.3 Å². The number of hydrogen-bond donors (Lipinski definition) is 3. The number of aliphatic hydroxyl groups excluding tert-OH is 1. The molecular formula is C20H27ClIN3O2. The summed E-state index contributed by atoms with van der Waals surface area (Å²) in [5.74, 6) is 0.713. The first-order valence-electron chi connectivity index (χ1n) is 8.65. The van der Waals surface area contributed by atoms with E-state index in [1.165, 1.54) is 0 Å². The van der Waals surface area contributed by atoms with Crippen LogP contribution in [0, 0.1) is 0 Å². The highest BCUT2D eigenvalue weighted by Crippen LogP contribution is 2.13. The van der Waals surface area contributed by atoms with Crippen molar-refractivity contribution in [3.63, 3.8) is 0 Å². The van der Waals surface area contributed by atoms with Gasteiger partial charge in [-0.15, -0.1) is 24.0 Å². The molecule has 0 fully saturated rings. The molecule has 1 unspecified atom stereocenters. The van der Waals surface area contributed by atoms with Crippen LogP contribution in [0.2, 0.25) is 5.02 Å². The van der Waals surface area contributed by atoms with Gasteiger partial charge in [-0.3, -0.25) is 4.99 Å². The molecule has 148 valence electrons. The van der Waals surface area contributed by atoms with E-state index in [-0.39, 0.29) is 36.5 Å². The van der Waals surface area contributed by atoms with Gasteiger partial charge in [-0.05, 0) is 23.3 Å². The van der Waals surface area contributed by atoms with E-state index < -0.39 is 0 Å². The Kier molecular flexibility index (Phi) is 12.1. The van der Waals surface area contributed by atoms with Crippen molar-refractivity contribution in [3.05, 3.63) is 70.7 Å². The van der Waals surface area contributed by atoms with E-state index in [0.717, 1.165) is 16.1 Å². The summed E-state index contributed by atoms with van der Waals surface area (Å²) in [6.07, 6.45) is 0. The van der Waals surface area contributed by atoms with Gasteiger partial charge in [0.05, 0.1) is 19.8 Å². The smallest absolute Gasteiger partial charge is 0.191 e. The monoisotopic (exact) mass is 503 g/mol. The lowest BCUT2D eigenvalue weighted by Crippen LogP contribution is -2.41. The molecule has 5 nitrogen and oxygen atoms in total. The Morgan fingerprint density at radius 2 is 1.81 bits per heavy atom. The Bertz CT molecular complexity index is 669. The summed E-state index contributed by atoms with van der Waals surface area (Å²) in [5.41, 5.74) is 2.19. The van der Waals surface area contributed by atoms with Crippen molar-refractivity contribution in [3.8, 4) is 0 Å². The van der Waals surface area contributed by atoms with Crippen LogP contribution in [0.15, 0.2) is 59.6 Å². The predicted octanol–water partition coefficient (Wildman–Crippen LogP) is 3.42. The number of ether oxygens (including phenoxy) is 1. The first-order chi connectivity index (χ1) is 12.7. The SMILES string of the molecule is CN=C(NCCOCc1ccc(Cl)cc1)NCC(CO)c1ccccc1.I. The minimum atomic E-state index is 0. The molecule has 0 radical (unpaired) electrons. The van der Waals surface area contributed by atoms with Gasteiger partial charge in [0.1, 0.15) is 0 Å². The number of nitrogens with one attached hydrogen (secondary N) is 2. The van der Waals surface area contributed by atoms with E-state index in [9.17, 15) is 5.11 Å². The summed E-state index contributed by atoms with van der Waals surface area (Å²) in [6, 6.07) is 17.6. The first kappa shape index (κ1) is 23.7. The molecule has 2 rings (SSSR count). The van der Waals surface area contributed by atoms with Crippen LogP contribution in [0.5, 0.6) is 0 Å². The number of guanidine groups is 1. The topological polar surface area (TPSA) is 65.9 Å². The highest BCUT2D eigenvalue weighted by Gasteiger charge is 2.10. The summed E-state index contributed by atoms with van der Waals surface area (Å²) in [7, 11) is 1.72. The number of nitrogens with zero attached hydrogens (tertiary/aromatic N) is 1. The molecule has 0 aliphatic heterocycles. The largest absolute Gasteiger partial charge is 0.396 e. The van der Waals surface area contributed by atoms with Crippen molar-refractivity contribution in [1.82, 2.24) is 10.6 Å². The van der Waals surface area contributed by atoms with Crippen LogP contribution in [-0.4, -0.2) is 44.4 Å². The van der Waals surface area contributed by atoms with Gasteiger partial charge >= 0.3 is 0 Å². The van der Waals surface area contributed by atoms with Gasteiger partial charge in [-0.25, -0.2) is 0 Å². The van der Waals surface area contributed by atoms with Gasteiger partial charge in [0.25, 0.3) is 0 Å². The van der Waals surface area contributed by atoms with Crippen molar-refractivity contribution in [2.75, 3.05) is 33.4 Å². The van der Waals surface area contributed by atoms with E-state index in [0.29, 0.717) is 32.3 Å². The normalized spacial score (nSPS) is 12.2. The van der Waals surface area contributed by atoms with Crippen LogP contribution < -0.4 is 10.6 Å². The second kappa shape index (κ2) is 13.8. The molecule has 0 amide bonds. The van der Waals surface area contributed by atoms with Crippen molar-refractivity contribution in [2.24, 2.45) is 4.99 Å². The van der Waals surface area contributed by atoms with Crippen molar-refractivity contribution < 1.29 is 9.84 Å². The Hall–Kier alpha value is -1.35. The Morgan fingerprint density at radius 1 is 1.11 bits per heavy atom. The molecule has 0 aromatic heterocycles. The first-order valence-corrected chi connectivity index (χ1v) is 9.03. The Labute approximate surface area is 183 Å². The third-order valence-electron chi connectivity index (χ3n) is 3.95. The lowest BCUT2D eigenvalue weighted by atomic mass is 10.0. The lowest BCUT2D eigenvalue weighted by Gasteiger charge is -2.18. The van der Waals surface area contributed by atoms with Gasteiger partial charge < -0.3 is 20.5 Å². The molecule has 0 bridgehead atoms. The molecule has 2 aromatic rings. The molecule has 7 heteroatoms. The number of hydrogen-bond acceptors (Lipinski definition) is 3. The van der Waals surface area contributed by atoms with Gasteiger partial charge in [0.2, 0.25) is 0 Å². The minimum Gasteiger partial charge on any atom is -0.396 e. The van der Waals surface area contributed by atoms with Crippen molar-refractivity contribution >= 4 is 41.5 Å². The van der Waals surface area contributed by atoms with Crippen molar-refractivity contribution in [1.29, 1.82) is 0 Å². The molecule has 0 spiro atoms. The molecular weight excluding hydrogens is 477 g/mol. The minimum absolute atomic E-state index is 0. The zero-order valence-electron chi connectivity index (χ0n) is 15.4. The molecule has 0 saturated heterocycles. The van der Waals surface area contributed by atoms with E-state index in [2.05, 4.69) is 15.6 Å².